The summed E-state index contributed by atoms with van der Waals surface area (Å²) in [5, 5.41) is 5.45. The number of ether oxygens (including phenoxy) is 1. The average molecular weight is 248 g/mol. The van der Waals surface area contributed by atoms with Crippen molar-refractivity contribution in [1.29, 1.82) is 0 Å². The standard InChI is InChI=1S/C13H16N2O3/c1-2-7-14-12(16)8-11-13(17)15-9-5-3-4-6-10(9)18-11/h3-6,11H,2,7-8H2,1H3,(H,14,16)(H,15,17). The SMILES string of the molecule is CCCNC(=O)CC1Oc2ccccc2NC1=O. The van der Waals surface area contributed by atoms with Crippen LogP contribution in [0.15, 0.2) is 24.3 Å². The topological polar surface area (TPSA) is 67.4 Å². The minimum Gasteiger partial charge on any atom is -0.478 e. The number of nitrogens with one attached hydrogen (secondary N) is 2. The zero-order valence-electron chi connectivity index (χ0n) is 10.2. The minimum absolute atomic E-state index is 0.0418. The quantitative estimate of drug-likeness (QED) is 0.844. The lowest BCUT2D eigenvalue weighted by molar-refractivity contribution is -0.130. The number of fused-ring (bicyclic) bond motifs is 1. The van der Waals surface area contributed by atoms with Crippen LogP contribution in [-0.4, -0.2) is 24.5 Å². The van der Waals surface area contributed by atoms with E-state index in [0.717, 1.165) is 6.42 Å². The van der Waals surface area contributed by atoms with Crippen LogP contribution in [0.1, 0.15) is 19.8 Å². The first-order chi connectivity index (χ1) is 8.70. The van der Waals surface area contributed by atoms with E-state index in [1.807, 2.05) is 19.1 Å². The maximum Gasteiger partial charge on any atom is 0.266 e. The molecule has 1 aromatic rings. The molecule has 2 N–H and O–H groups in total. The van der Waals surface area contributed by atoms with Gasteiger partial charge < -0.3 is 15.4 Å². The second-order valence-corrected chi connectivity index (χ2v) is 4.15. The van der Waals surface area contributed by atoms with Gasteiger partial charge >= 0.3 is 0 Å². The van der Waals surface area contributed by atoms with Crippen molar-refractivity contribution in [3.8, 4) is 5.75 Å². The van der Waals surface area contributed by atoms with E-state index in [4.69, 9.17) is 4.74 Å². The van der Waals surface area contributed by atoms with Gasteiger partial charge in [-0.2, -0.15) is 0 Å². The molecular formula is C13H16N2O3. The predicted octanol–water partition coefficient (Wildman–Crippen LogP) is 1.30. The van der Waals surface area contributed by atoms with Crippen molar-refractivity contribution in [3.63, 3.8) is 0 Å². The van der Waals surface area contributed by atoms with E-state index in [-0.39, 0.29) is 18.2 Å². The Bertz CT molecular complexity index is 459. The molecule has 0 saturated carbocycles. The average Bonchev–Trinajstić information content (AvgIpc) is 2.37. The maximum absolute atomic E-state index is 11.8. The molecule has 5 nitrogen and oxygen atoms in total. The van der Waals surface area contributed by atoms with Gasteiger partial charge in [-0.05, 0) is 18.6 Å². The molecule has 1 heterocycles. The summed E-state index contributed by atoms with van der Waals surface area (Å²) in [7, 11) is 0. The summed E-state index contributed by atoms with van der Waals surface area (Å²) in [6.45, 7) is 2.59. The molecule has 5 heteroatoms. The fraction of sp³-hybridized carbons (Fsp3) is 0.385. The third-order valence-electron chi connectivity index (χ3n) is 2.65. The van der Waals surface area contributed by atoms with E-state index in [2.05, 4.69) is 10.6 Å². The molecule has 0 spiro atoms. The lowest BCUT2D eigenvalue weighted by Gasteiger charge is -2.25. The number of carbonyl (C=O) groups is 2. The molecular weight excluding hydrogens is 232 g/mol. The molecule has 0 aromatic heterocycles. The molecule has 2 amide bonds. The van der Waals surface area contributed by atoms with Gasteiger partial charge in [0.25, 0.3) is 5.91 Å². The zero-order chi connectivity index (χ0) is 13.0. The fourth-order valence-electron chi connectivity index (χ4n) is 1.73. The van der Waals surface area contributed by atoms with E-state index >= 15 is 0 Å². The molecule has 0 radical (unpaired) electrons. The van der Waals surface area contributed by atoms with Gasteiger partial charge in [0.2, 0.25) is 5.91 Å². The van der Waals surface area contributed by atoms with Gasteiger partial charge in [0.15, 0.2) is 6.10 Å². The second-order valence-electron chi connectivity index (χ2n) is 4.15. The Morgan fingerprint density at radius 3 is 3.00 bits per heavy atom. The van der Waals surface area contributed by atoms with Crippen LogP contribution in [-0.2, 0) is 9.59 Å². The highest BCUT2D eigenvalue weighted by atomic mass is 16.5. The number of para-hydroxylation sites is 2. The van der Waals surface area contributed by atoms with Gasteiger partial charge in [-0.1, -0.05) is 19.1 Å². The van der Waals surface area contributed by atoms with Crippen molar-refractivity contribution in [2.24, 2.45) is 0 Å². The summed E-state index contributed by atoms with van der Waals surface area (Å²) in [5.74, 6) is 0.155. The van der Waals surface area contributed by atoms with Crippen molar-refractivity contribution in [3.05, 3.63) is 24.3 Å². The molecule has 2 rings (SSSR count). The van der Waals surface area contributed by atoms with Crippen LogP contribution in [0.3, 0.4) is 0 Å². The van der Waals surface area contributed by atoms with E-state index in [1.165, 1.54) is 0 Å². The van der Waals surface area contributed by atoms with E-state index in [0.29, 0.717) is 18.0 Å². The van der Waals surface area contributed by atoms with Crippen molar-refractivity contribution < 1.29 is 14.3 Å². The first-order valence-electron chi connectivity index (χ1n) is 6.04. The number of carbonyl (C=O) groups excluding carboxylic acids is 2. The first-order valence-corrected chi connectivity index (χ1v) is 6.04. The molecule has 18 heavy (non-hydrogen) atoms. The summed E-state index contributed by atoms with van der Waals surface area (Å²) in [6.07, 6.45) is 0.156. The van der Waals surface area contributed by atoms with Crippen LogP contribution >= 0.6 is 0 Å². The molecule has 0 aliphatic carbocycles. The lowest BCUT2D eigenvalue weighted by atomic mass is 10.1. The molecule has 1 aliphatic heterocycles. The molecule has 0 fully saturated rings. The van der Waals surface area contributed by atoms with Crippen molar-refractivity contribution >= 4 is 17.5 Å². The first kappa shape index (κ1) is 12.4. The Kier molecular flexibility index (Phi) is 3.82. The number of hydrogen-bond donors (Lipinski definition) is 2. The van der Waals surface area contributed by atoms with Crippen LogP contribution in [0.2, 0.25) is 0 Å². The monoisotopic (exact) mass is 248 g/mol. The maximum atomic E-state index is 11.8. The normalized spacial score (nSPS) is 17.4. The molecule has 0 bridgehead atoms. The highest BCUT2D eigenvalue weighted by Crippen LogP contribution is 2.29. The van der Waals surface area contributed by atoms with Crippen molar-refractivity contribution in [2.75, 3.05) is 11.9 Å². The lowest BCUT2D eigenvalue weighted by Crippen LogP contribution is -2.41. The zero-order valence-corrected chi connectivity index (χ0v) is 10.2. The van der Waals surface area contributed by atoms with Crippen LogP contribution in [0.5, 0.6) is 5.75 Å². The fourth-order valence-corrected chi connectivity index (χ4v) is 1.73. The highest BCUT2D eigenvalue weighted by Gasteiger charge is 2.29. The Morgan fingerprint density at radius 1 is 1.44 bits per heavy atom. The van der Waals surface area contributed by atoms with Crippen LogP contribution in [0.25, 0.3) is 0 Å². The Hall–Kier alpha value is -2.04. The number of amides is 2. The smallest absolute Gasteiger partial charge is 0.266 e. The molecule has 1 aromatic carbocycles. The Labute approximate surface area is 106 Å². The van der Waals surface area contributed by atoms with Crippen molar-refractivity contribution in [1.82, 2.24) is 5.32 Å². The summed E-state index contributed by atoms with van der Waals surface area (Å²) < 4.78 is 5.52. The van der Waals surface area contributed by atoms with Crippen LogP contribution < -0.4 is 15.4 Å². The van der Waals surface area contributed by atoms with Gasteiger partial charge in [-0.3, -0.25) is 9.59 Å². The van der Waals surface area contributed by atoms with Gasteiger partial charge in [-0.15, -0.1) is 0 Å². The molecule has 1 aliphatic rings. The van der Waals surface area contributed by atoms with E-state index in [9.17, 15) is 9.59 Å². The number of benzene rings is 1. The molecule has 96 valence electrons. The summed E-state index contributed by atoms with van der Waals surface area (Å²) in [6, 6.07) is 7.17. The summed E-state index contributed by atoms with van der Waals surface area (Å²) >= 11 is 0. The number of rotatable bonds is 4. The van der Waals surface area contributed by atoms with Gasteiger partial charge in [0, 0.05) is 6.54 Å². The largest absolute Gasteiger partial charge is 0.478 e. The number of hydrogen-bond acceptors (Lipinski definition) is 3. The van der Waals surface area contributed by atoms with Crippen molar-refractivity contribution in [2.45, 2.75) is 25.9 Å². The second kappa shape index (κ2) is 5.53. The van der Waals surface area contributed by atoms with E-state index < -0.39 is 6.10 Å². The highest BCUT2D eigenvalue weighted by molar-refractivity contribution is 5.99. The van der Waals surface area contributed by atoms with Gasteiger partial charge in [-0.25, -0.2) is 0 Å². The van der Waals surface area contributed by atoms with Crippen LogP contribution in [0, 0.1) is 0 Å². The predicted molar refractivity (Wildman–Crippen MR) is 67.4 cm³/mol. The van der Waals surface area contributed by atoms with Crippen LogP contribution in [0.4, 0.5) is 5.69 Å². The third kappa shape index (κ3) is 2.80. The summed E-state index contributed by atoms with van der Waals surface area (Å²) in [5.41, 5.74) is 0.646. The molecule has 1 unspecified atom stereocenters. The van der Waals surface area contributed by atoms with Gasteiger partial charge in [0.05, 0.1) is 12.1 Å². The third-order valence-corrected chi connectivity index (χ3v) is 2.65. The van der Waals surface area contributed by atoms with Gasteiger partial charge in [0.1, 0.15) is 5.75 Å². The molecule has 1 atom stereocenters. The van der Waals surface area contributed by atoms with E-state index in [1.54, 1.807) is 12.1 Å². The minimum atomic E-state index is -0.753. The molecule has 0 saturated heterocycles. The Morgan fingerprint density at radius 2 is 2.22 bits per heavy atom. The Balaban J connectivity index is 1.99. The number of anilines is 1. The summed E-state index contributed by atoms with van der Waals surface area (Å²) in [4.78, 5) is 23.3.